The van der Waals surface area contributed by atoms with E-state index in [4.69, 9.17) is 9.47 Å². The van der Waals surface area contributed by atoms with Crippen molar-refractivity contribution in [3.8, 4) is 0 Å². The number of hydrogen-bond donors (Lipinski definition) is 0. The normalized spacial score (nSPS) is 23.4. The van der Waals surface area contributed by atoms with E-state index in [1.807, 2.05) is 0 Å². The summed E-state index contributed by atoms with van der Waals surface area (Å²) in [5.41, 5.74) is -1.54. The number of Topliss-reactive ketones (excluding diaryl/α,β-unsaturated/α-hetero) is 1. The summed E-state index contributed by atoms with van der Waals surface area (Å²) in [6.45, 7) is 18.6. The zero-order valence-electron chi connectivity index (χ0n) is 18.1. The Hall–Kier alpha value is -1.91. The molecule has 0 aromatic carbocycles. The number of carbonyl (C=O) groups is 3. The summed E-state index contributed by atoms with van der Waals surface area (Å²) in [5, 5.41) is 0. The van der Waals surface area contributed by atoms with E-state index in [9.17, 15) is 14.4 Å². The molecule has 0 amide bonds. The van der Waals surface area contributed by atoms with Gasteiger partial charge < -0.3 is 9.47 Å². The van der Waals surface area contributed by atoms with Crippen LogP contribution in [0.15, 0.2) is 24.3 Å². The smallest absolute Gasteiger partial charge is 0.333 e. The van der Waals surface area contributed by atoms with Crippen LogP contribution in [0.3, 0.4) is 0 Å². The lowest BCUT2D eigenvalue weighted by Crippen LogP contribution is -2.40. The molecule has 0 spiro atoms. The zero-order chi connectivity index (χ0) is 21.5. The average molecular weight is 391 g/mol. The van der Waals surface area contributed by atoms with Crippen LogP contribution >= 0.6 is 0 Å². The van der Waals surface area contributed by atoms with Crippen LogP contribution in [-0.4, -0.2) is 28.9 Å². The van der Waals surface area contributed by atoms with Crippen molar-refractivity contribution in [1.29, 1.82) is 0 Å². The lowest BCUT2D eigenvalue weighted by atomic mass is 9.65. The van der Waals surface area contributed by atoms with Crippen molar-refractivity contribution < 1.29 is 23.9 Å². The molecule has 2 rings (SSSR count). The van der Waals surface area contributed by atoms with Gasteiger partial charge in [-0.3, -0.25) is 4.79 Å². The number of rotatable bonds is 6. The highest BCUT2D eigenvalue weighted by Crippen LogP contribution is 2.58. The summed E-state index contributed by atoms with van der Waals surface area (Å²) < 4.78 is 10.8. The molecule has 156 valence electrons. The van der Waals surface area contributed by atoms with Crippen molar-refractivity contribution in [3.05, 3.63) is 24.3 Å². The van der Waals surface area contributed by atoms with E-state index in [0.717, 1.165) is 19.3 Å². The summed E-state index contributed by atoms with van der Waals surface area (Å²) in [5.74, 6) is -0.736. The first-order chi connectivity index (χ1) is 12.6. The Bertz CT molecular complexity index is 659. The number of esters is 2. The van der Waals surface area contributed by atoms with E-state index in [0.29, 0.717) is 0 Å². The van der Waals surface area contributed by atoms with Crippen LogP contribution in [0, 0.1) is 17.3 Å². The molecule has 28 heavy (non-hydrogen) atoms. The van der Waals surface area contributed by atoms with Gasteiger partial charge in [0, 0.05) is 22.5 Å². The van der Waals surface area contributed by atoms with Crippen LogP contribution < -0.4 is 0 Å². The Balaban J connectivity index is 2.22. The van der Waals surface area contributed by atoms with Gasteiger partial charge in [-0.2, -0.15) is 0 Å². The van der Waals surface area contributed by atoms with Crippen LogP contribution in [0.1, 0.15) is 73.6 Å². The van der Waals surface area contributed by atoms with E-state index >= 15 is 0 Å². The van der Waals surface area contributed by atoms with E-state index < -0.39 is 28.6 Å². The minimum absolute atomic E-state index is 0.00266. The van der Waals surface area contributed by atoms with Crippen molar-refractivity contribution in [1.82, 2.24) is 0 Å². The molecule has 0 unspecified atom stereocenters. The van der Waals surface area contributed by atoms with Gasteiger partial charge in [0.15, 0.2) is 0 Å². The molecule has 0 N–H and O–H groups in total. The molecule has 2 bridgehead atoms. The van der Waals surface area contributed by atoms with Crippen molar-refractivity contribution in [2.75, 3.05) is 0 Å². The van der Waals surface area contributed by atoms with Crippen LogP contribution in [0.2, 0.25) is 0 Å². The Labute approximate surface area is 168 Å². The fourth-order valence-corrected chi connectivity index (χ4v) is 4.46. The third kappa shape index (κ3) is 4.92. The highest BCUT2D eigenvalue weighted by Gasteiger charge is 2.58. The predicted octanol–water partition coefficient (Wildman–Crippen LogP) is 4.55. The van der Waals surface area contributed by atoms with Crippen LogP contribution in [-0.2, 0) is 23.9 Å². The second-order valence-corrected chi connectivity index (χ2v) is 10.3. The molecule has 0 heterocycles. The van der Waals surface area contributed by atoms with E-state index in [2.05, 4.69) is 13.2 Å². The summed E-state index contributed by atoms with van der Waals surface area (Å²) >= 11 is 0. The summed E-state index contributed by atoms with van der Waals surface area (Å²) in [6.07, 6.45) is 3.00. The third-order valence-corrected chi connectivity index (χ3v) is 5.51. The molecular weight excluding hydrogens is 356 g/mol. The number of fused-ring (bicyclic) bond motifs is 2. The molecule has 2 aliphatic rings. The van der Waals surface area contributed by atoms with E-state index in [1.54, 1.807) is 41.5 Å². The maximum atomic E-state index is 13.2. The Morgan fingerprint density at radius 2 is 1.36 bits per heavy atom. The van der Waals surface area contributed by atoms with Crippen molar-refractivity contribution in [3.63, 3.8) is 0 Å². The van der Waals surface area contributed by atoms with E-state index in [-0.39, 0.29) is 41.6 Å². The molecular formula is C23H34O5. The van der Waals surface area contributed by atoms with Gasteiger partial charge in [-0.25, -0.2) is 9.59 Å². The molecule has 2 atom stereocenters. The Kier molecular flexibility index (Phi) is 5.99. The predicted molar refractivity (Wildman–Crippen MR) is 107 cm³/mol. The standard InChI is InChI=1S/C23H34O5/c1-14(19(25)27-21(3,4)5)12-23(17-10-9-16(11-17)18(23)24)13-15(2)20(26)28-22(6,7)8/h16-17H,1-2,9-13H2,3-8H3/t16-,17+/m1/s1. The average Bonchev–Trinajstić information content (AvgIpc) is 3.07. The highest BCUT2D eigenvalue weighted by atomic mass is 16.6. The van der Waals surface area contributed by atoms with Crippen molar-refractivity contribution >= 4 is 17.7 Å². The van der Waals surface area contributed by atoms with Gasteiger partial charge in [-0.15, -0.1) is 0 Å². The van der Waals surface area contributed by atoms with Gasteiger partial charge in [-0.05, 0) is 79.6 Å². The lowest BCUT2D eigenvalue weighted by molar-refractivity contribution is -0.150. The second-order valence-electron chi connectivity index (χ2n) is 10.3. The largest absolute Gasteiger partial charge is 0.457 e. The number of ether oxygens (including phenoxy) is 2. The monoisotopic (exact) mass is 390 g/mol. The van der Waals surface area contributed by atoms with Crippen LogP contribution in [0.25, 0.3) is 0 Å². The van der Waals surface area contributed by atoms with Crippen molar-refractivity contribution in [2.45, 2.75) is 84.8 Å². The summed E-state index contributed by atoms with van der Waals surface area (Å²) in [6, 6.07) is 0. The fraction of sp³-hybridized carbons (Fsp3) is 0.696. The van der Waals surface area contributed by atoms with Gasteiger partial charge in [0.05, 0.1) is 0 Å². The lowest BCUT2D eigenvalue weighted by Gasteiger charge is -2.37. The molecule has 0 aromatic rings. The number of carbonyl (C=O) groups excluding carboxylic acids is 3. The fourth-order valence-electron chi connectivity index (χ4n) is 4.46. The van der Waals surface area contributed by atoms with Crippen LogP contribution in [0.4, 0.5) is 0 Å². The summed E-state index contributed by atoms with van der Waals surface area (Å²) in [4.78, 5) is 38.1. The quantitative estimate of drug-likeness (QED) is 0.492. The molecule has 5 nitrogen and oxygen atoms in total. The molecule has 0 saturated heterocycles. The minimum Gasteiger partial charge on any atom is -0.457 e. The SMILES string of the molecule is C=C(CC1(CC(=C)C(=O)OC(C)(C)C)C(=O)[C@@H]2CC[C@H]1C2)C(=O)OC(C)(C)C. The zero-order valence-corrected chi connectivity index (χ0v) is 18.1. The number of hydrogen-bond acceptors (Lipinski definition) is 5. The van der Waals surface area contributed by atoms with E-state index in [1.165, 1.54) is 0 Å². The second kappa shape index (κ2) is 7.49. The van der Waals surface area contributed by atoms with Gasteiger partial charge >= 0.3 is 11.9 Å². The Morgan fingerprint density at radius 3 is 1.68 bits per heavy atom. The summed E-state index contributed by atoms with van der Waals surface area (Å²) in [7, 11) is 0. The maximum absolute atomic E-state index is 13.2. The molecule has 2 aliphatic carbocycles. The molecule has 2 fully saturated rings. The molecule has 0 radical (unpaired) electrons. The van der Waals surface area contributed by atoms with Gasteiger partial charge in [0.1, 0.15) is 17.0 Å². The highest BCUT2D eigenvalue weighted by molar-refractivity contribution is 5.96. The third-order valence-electron chi connectivity index (χ3n) is 5.51. The van der Waals surface area contributed by atoms with Crippen molar-refractivity contribution in [2.24, 2.45) is 17.3 Å². The molecule has 0 aliphatic heterocycles. The first kappa shape index (κ1) is 22.4. The Morgan fingerprint density at radius 1 is 0.929 bits per heavy atom. The maximum Gasteiger partial charge on any atom is 0.333 e. The van der Waals surface area contributed by atoms with Gasteiger partial charge in [0.25, 0.3) is 0 Å². The molecule has 5 heteroatoms. The van der Waals surface area contributed by atoms with Gasteiger partial charge in [-0.1, -0.05) is 13.2 Å². The topological polar surface area (TPSA) is 69.7 Å². The first-order valence-electron chi connectivity index (χ1n) is 10.0. The number of ketones is 1. The molecule has 0 aromatic heterocycles. The van der Waals surface area contributed by atoms with Crippen LogP contribution in [0.5, 0.6) is 0 Å². The van der Waals surface area contributed by atoms with Gasteiger partial charge in [0.2, 0.25) is 0 Å². The molecule has 2 saturated carbocycles. The first-order valence-corrected chi connectivity index (χ1v) is 10.0. The minimum atomic E-state index is -0.815.